The molecule has 114 valence electrons. The van der Waals surface area contributed by atoms with Crippen molar-refractivity contribution in [3.63, 3.8) is 0 Å². The highest BCUT2D eigenvalue weighted by Gasteiger charge is 2.19. The molecule has 3 N–H and O–H groups in total. The number of nitrogens with one attached hydrogen (secondary N) is 1. The topological polar surface area (TPSA) is 85.1 Å². The smallest absolute Gasteiger partial charge is 0.241 e. The Bertz CT molecular complexity index is 652. The van der Waals surface area contributed by atoms with Crippen molar-refractivity contribution in [3.05, 3.63) is 46.4 Å². The second kappa shape index (κ2) is 7.13. The van der Waals surface area contributed by atoms with Gasteiger partial charge in [0.05, 0.1) is 10.9 Å². The lowest BCUT2D eigenvalue weighted by Gasteiger charge is -2.12. The van der Waals surface area contributed by atoms with E-state index in [1.165, 1.54) is 11.3 Å². The van der Waals surface area contributed by atoms with E-state index in [2.05, 4.69) is 9.71 Å². The summed E-state index contributed by atoms with van der Waals surface area (Å²) < 4.78 is 27.3. The van der Waals surface area contributed by atoms with E-state index in [1.807, 2.05) is 17.5 Å². The molecule has 5 nitrogen and oxygen atoms in total. The molecule has 1 aromatic carbocycles. The number of benzene rings is 1. The molecule has 0 amide bonds. The first kappa shape index (κ1) is 16.1. The van der Waals surface area contributed by atoms with Crippen LogP contribution in [0.5, 0.6) is 0 Å². The number of hydrogen-bond donors (Lipinski definition) is 2. The van der Waals surface area contributed by atoms with Crippen LogP contribution in [0.25, 0.3) is 0 Å². The van der Waals surface area contributed by atoms with E-state index >= 15 is 0 Å². The van der Waals surface area contributed by atoms with Crippen molar-refractivity contribution >= 4 is 21.4 Å². The highest BCUT2D eigenvalue weighted by atomic mass is 32.2. The lowest BCUT2D eigenvalue weighted by Crippen LogP contribution is -2.26. The van der Waals surface area contributed by atoms with Gasteiger partial charge in [0.2, 0.25) is 10.0 Å². The molecule has 0 bridgehead atoms. The Labute approximate surface area is 129 Å². The first-order valence-electron chi connectivity index (χ1n) is 6.73. The normalized spacial score (nSPS) is 13.2. The number of rotatable bonds is 7. The molecule has 0 saturated carbocycles. The predicted octanol–water partition coefficient (Wildman–Crippen LogP) is 2.07. The van der Waals surface area contributed by atoms with Crippen molar-refractivity contribution in [1.29, 1.82) is 0 Å². The van der Waals surface area contributed by atoms with Gasteiger partial charge in [-0.25, -0.2) is 18.1 Å². The number of hydrogen-bond acceptors (Lipinski definition) is 5. The van der Waals surface area contributed by atoms with Gasteiger partial charge in [-0.15, -0.1) is 11.3 Å². The SMILES string of the molecule is CC(NS(=O)(=O)c1ccc(CCCN)cc1)c1nccs1. The molecule has 2 aromatic rings. The highest BCUT2D eigenvalue weighted by Crippen LogP contribution is 2.19. The van der Waals surface area contributed by atoms with Gasteiger partial charge < -0.3 is 5.73 Å². The van der Waals surface area contributed by atoms with Crippen molar-refractivity contribution in [2.24, 2.45) is 5.73 Å². The van der Waals surface area contributed by atoms with Gasteiger partial charge in [-0.05, 0) is 44.0 Å². The largest absolute Gasteiger partial charge is 0.330 e. The van der Waals surface area contributed by atoms with Gasteiger partial charge in [-0.1, -0.05) is 12.1 Å². The molecule has 0 fully saturated rings. The first-order chi connectivity index (χ1) is 10.0. The number of sulfonamides is 1. The Morgan fingerprint density at radius 1 is 1.33 bits per heavy atom. The molecule has 21 heavy (non-hydrogen) atoms. The molecule has 1 atom stereocenters. The van der Waals surface area contributed by atoms with Crippen molar-refractivity contribution in [3.8, 4) is 0 Å². The molecule has 1 heterocycles. The van der Waals surface area contributed by atoms with Crippen molar-refractivity contribution in [1.82, 2.24) is 9.71 Å². The van der Waals surface area contributed by atoms with Gasteiger partial charge in [0, 0.05) is 11.6 Å². The lowest BCUT2D eigenvalue weighted by atomic mass is 10.1. The van der Waals surface area contributed by atoms with E-state index in [0.717, 1.165) is 23.4 Å². The number of aromatic nitrogens is 1. The molecular weight excluding hydrogens is 306 g/mol. The number of aryl methyl sites for hydroxylation is 1. The summed E-state index contributed by atoms with van der Waals surface area (Å²) in [6, 6.07) is 6.58. The van der Waals surface area contributed by atoms with Gasteiger partial charge in [0.1, 0.15) is 5.01 Å². The monoisotopic (exact) mass is 325 g/mol. The van der Waals surface area contributed by atoms with Gasteiger partial charge in [-0.2, -0.15) is 0 Å². The van der Waals surface area contributed by atoms with E-state index < -0.39 is 10.0 Å². The summed E-state index contributed by atoms with van der Waals surface area (Å²) in [5, 5.41) is 2.57. The maximum Gasteiger partial charge on any atom is 0.241 e. The molecular formula is C14H19N3O2S2. The van der Waals surface area contributed by atoms with E-state index in [4.69, 9.17) is 5.73 Å². The van der Waals surface area contributed by atoms with Gasteiger partial charge >= 0.3 is 0 Å². The summed E-state index contributed by atoms with van der Waals surface area (Å²) in [6.45, 7) is 2.42. The second-order valence-corrected chi connectivity index (χ2v) is 7.39. The molecule has 2 rings (SSSR count). The van der Waals surface area contributed by atoms with Crippen LogP contribution in [0.15, 0.2) is 40.7 Å². The average molecular weight is 325 g/mol. The van der Waals surface area contributed by atoms with Crippen LogP contribution in [-0.4, -0.2) is 19.9 Å². The zero-order chi connectivity index (χ0) is 15.3. The minimum Gasteiger partial charge on any atom is -0.330 e. The summed E-state index contributed by atoms with van der Waals surface area (Å²) in [6.07, 6.45) is 3.42. The summed E-state index contributed by atoms with van der Waals surface area (Å²) in [5.74, 6) is 0. The summed E-state index contributed by atoms with van der Waals surface area (Å²) in [4.78, 5) is 4.39. The minimum absolute atomic E-state index is 0.266. The Balaban J connectivity index is 2.08. The molecule has 7 heteroatoms. The van der Waals surface area contributed by atoms with E-state index in [0.29, 0.717) is 6.54 Å². The molecule has 0 aliphatic carbocycles. The molecule has 0 aliphatic heterocycles. The minimum atomic E-state index is -3.53. The summed E-state index contributed by atoms with van der Waals surface area (Å²) >= 11 is 1.43. The van der Waals surface area contributed by atoms with E-state index in [-0.39, 0.29) is 10.9 Å². The molecule has 0 saturated heterocycles. The van der Waals surface area contributed by atoms with Crippen LogP contribution < -0.4 is 10.5 Å². The molecule has 1 aromatic heterocycles. The predicted molar refractivity (Wildman–Crippen MR) is 84.7 cm³/mol. The Morgan fingerprint density at radius 2 is 2.05 bits per heavy atom. The lowest BCUT2D eigenvalue weighted by molar-refractivity contribution is 0.566. The number of nitrogens with two attached hydrogens (primary N) is 1. The molecule has 0 spiro atoms. The van der Waals surface area contributed by atoms with Crippen molar-refractivity contribution in [2.75, 3.05) is 6.54 Å². The Morgan fingerprint density at radius 3 is 2.62 bits per heavy atom. The maximum absolute atomic E-state index is 12.3. The Hall–Kier alpha value is -1.28. The zero-order valence-corrected chi connectivity index (χ0v) is 13.5. The highest BCUT2D eigenvalue weighted by molar-refractivity contribution is 7.89. The third-order valence-electron chi connectivity index (χ3n) is 3.06. The molecule has 0 aliphatic rings. The Kier molecular flexibility index (Phi) is 5.46. The quantitative estimate of drug-likeness (QED) is 0.816. The van der Waals surface area contributed by atoms with Crippen LogP contribution >= 0.6 is 11.3 Å². The van der Waals surface area contributed by atoms with Crippen molar-refractivity contribution < 1.29 is 8.42 Å². The fraction of sp³-hybridized carbons (Fsp3) is 0.357. The maximum atomic E-state index is 12.3. The summed E-state index contributed by atoms with van der Waals surface area (Å²) in [5.41, 5.74) is 6.56. The van der Waals surface area contributed by atoms with Crippen molar-refractivity contribution in [2.45, 2.75) is 30.7 Å². The molecule has 0 radical (unpaired) electrons. The van der Waals surface area contributed by atoms with Crippen LogP contribution in [0.3, 0.4) is 0 Å². The number of nitrogens with zero attached hydrogens (tertiary/aromatic N) is 1. The van der Waals surface area contributed by atoms with Crippen LogP contribution in [0.4, 0.5) is 0 Å². The number of thiazole rings is 1. The van der Waals surface area contributed by atoms with Gasteiger partial charge in [0.15, 0.2) is 0 Å². The third kappa shape index (κ3) is 4.34. The zero-order valence-electron chi connectivity index (χ0n) is 11.8. The van der Waals surface area contributed by atoms with Gasteiger partial charge in [-0.3, -0.25) is 0 Å². The van der Waals surface area contributed by atoms with E-state index in [9.17, 15) is 8.42 Å². The van der Waals surface area contributed by atoms with E-state index in [1.54, 1.807) is 25.3 Å². The third-order valence-corrected chi connectivity index (χ3v) is 5.57. The van der Waals surface area contributed by atoms with Crippen LogP contribution in [0.2, 0.25) is 0 Å². The van der Waals surface area contributed by atoms with Crippen LogP contribution in [0.1, 0.15) is 30.0 Å². The van der Waals surface area contributed by atoms with Crippen LogP contribution in [0, 0.1) is 0 Å². The van der Waals surface area contributed by atoms with Gasteiger partial charge in [0.25, 0.3) is 0 Å². The average Bonchev–Trinajstić information content (AvgIpc) is 2.99. The fourth-order valence-electron chi connectivity index (χ4n) is 1.94. The van der Waals surface area contributed by atoms with Crippen LogP contribution in [-0.2, 0) is 16.4 Å². The first-order valence-corrected chi connectivity index (χ1v) is 9.10. The standard InChI is InChI=1S/C14H19N3O2S2/c1-11(14-16-9-10-20-14)17-21(18,19)13-6-4-12(5-7-13)3-2-8-15/h4-7,9-11,17H,2-3,8,15H2,1H3. The summed E-state index contributed by atoms with van der Waals surface area (Å²) in [7, 11) is -3.53. The fourth-order valence-corrected chi connectivity index (χ4v) is 3.87. The second-order valence-electron chi connectivity index (χ2n) is 4.75. The molecule has 1 unspecified atom stereocenters.